The third kappa shape index (κ3) is 3.87. The molecule has 0 unspecified atom stereocenters. The first-order chi connectivity index (χ1) is 11.8. The summed E-state index contributed by atoms with van der Waals surface area (Å²) < 4.78 is 37.4. The van der Waals surface area contributed by atoms with Crippen molar-refractivity contribution in [3.8, 4) is 11.1 Å². The third-order valence-electron chi connectivity index (χ3n) is 3.45. The van der Waals surface area contributed by atoms with Crippen LogP contribution in [0.2, 0.25) is 0 Å². The molecule has 2 aromatic heterocycles. The summed E-state index contributed by atoms with van der Waals surface area (Å²) in [7, 11) is 0. The van der Waals surface area contributed by atoms with E-state index < -0.39 is 30.7 Å². The number of benzene rings is 1. The Morgan fingerprint density at radius 2 is 1.96 bits per heavy atom. The zero-order valence-electron chi connectivity index (χ0n) is 12.7. The molecule has 0 spiro atoms. The van der Waals surface area contributed by atoms with Crippen LogP contribution in [0.1, 0.15) is 0 Å². The molecule has 0 fully saturated rings. The molecule has 0 aliphatic carbocycles. The van der Waals surface area contributed by atoms with Gasteiger partial charge in [-0.15, -0.1) is 11.3 Å². The molecular weight excluding hydrogens is 355 g/mol. The van der Waals surface area contributed by atoms with Gasteiger partial charge in [0.2, 0.25) is 5.91 Å². The maximum Gasteiger partial charge on any atom is 0.405 e. The van der Waals surface area contributed by atoms with Crippen LogP contribution < -0.4 is 10.9 Å². The fourth-order valence-electron chi connectivity index (χ4n) is 2.32. The maximum atomic E-state index is 12.6. The van der Waals surface area contributed by atoms with Crippen LogP contribution in [0, 0.1) is 0 Å². The van der Waals surface area contributed by atoms with Crippen LogP contribution in [0.5, 0.6) is 0 Å². The summed E-state index contributed by atoms with van der Waals surface area (Å²) in [5, 5.41) is 3.88. The summed E-state index contributed by atoms with van der Waals surface area (Å²) >= 11 is 1.29. The van der Waals surface area contributed by atoms with Crippen molar-refractivity contribution in [2.45, 2.75) is 12.7 Å². The molecule has 0 saturated heterocycles. The number of alkyl halides is 3. The Hall–Kier alpha value is -2.68. The number of nitrogens with one attached hydrogen (secondary N) is 1. The summed E-state index contributed by atoms with van der Waals surface area (Å²) in [4.78, 5) is 28.9. The summed E-state index contributed by atoms with van der Waals surface area (Å²) in [6, 6.07) is 9.19. The zero-order valence-corrected chi connectivity index (χ0v) is 13.5. The van der Waals surface area contributed by atoms with Crippen molar-refractivity contribution >= 4 is 27.5 Å². The molecule has 5 nitrogen and oxygen atoms in total. The fraction of sp³-hybridized carbons (Fsp3) is 0.188. The fourth-order valence-corrected chi connectivity index (χ4v) is 3.23. The van der Waals surface area contributed by atoms with E-state index in [1.54, 1.807) is 10.7 Å². The summed E-state index contributed by atoms with van der Waals surface area (Å²) in [6.45, 7) is -1.97. The van der Waals surface area contributed by atoms with E-state index in [-0.39, 0.29) is 0 Å². The van der Waals surface area contributed by atoms with Crippen LogP contribution in [0.15, 0.2) is 46.8 Å². The predicted molar refractivity (Wildman–Crippen MR) is 88.4 cm³/mol. The minimum atomic E-state index is -4.50. The average Bonchev–Trinajstić information content (AvgIpc) is 3.01. The lowest BCUT2D eigenvalue weighted by Gasteiger charge is -2.09. The lowest BCUT2D eigenvalue weighted by atomic mass is 10.1. The number of nitrogens with zero attached hydrogens (tertiary/aromatic N) is 2. The molecule has 0 saturated carbocycles. The number of amides is 1. The molecule has 2 heterocycles. The number of aromatic nitrogens is 2. The van der Waals surface area contributed by atoms with Gasteiger partial charge in [0, 0.05) is 10.9 Å². The molecule has 130 valence electrons. The van der Waals surface area contributed by atoms with E-state index in [0.717, 1.165) is 10.1 Å². The number of fused-ring (bicyclic) bond motifs is 1. The van der Waals surface area contributed by atoms with Crippen molar-refractivity contribution in [1.82, 2.24) is 14.9 Å². The van der Waals surface area contributed by atoms with E-state index >= 15 is 0 Å². The minimum Gasteiger partial charge on any atom is -0.345 e. The lowest BCUT2D eigenvalue weighted by molar-refractivity contribution is -0.138. The van der Waals surface area contributed by atoms with Gasteiger partial charge in [0.1, 0.15) is 17.9 Å². The van der Waals surface area contributed by atoms with E-state index in [9.17, 15) is 22.8 Å². The molecule has 1 amide bonds. The molecule has 1 N–H and O–H groups in total. The molecule has 3 aromatic rings. The summed E-state index contributed by atoms with van der Waals surface area (Å²) in [5.74, 6) is -0.905. The normalized spacial score (nSPS) is 11.6. The Labute approximate surface area is 143 Å². The van der Waals surface area contributed by atoms with Crippen molar-refractivity contribution in [1.29, 1.82) is 0 Å². The Morgan fingerprint density at radius 1 is 1.24 bits per heavy atom. The lowest BCUT2D eigenvalue weighted by Crippen LogP contribution is -2.37. The van der Waals surface area contributed by atoms with Crippen LogP contribution in [-0.2, 0) is 11.3 Å². The quantitative estimate of drug-likeness (QED) is 0.771. The Kier molecular flexibility index (Phi) is 4.58. The van der Waals surface area contributed by atoms with Crippen molar-refractivity contribution in [2.24, 2.45) is 0 Å². The Bertz CT molecular complexity index is 964. The first-order valence-electron chi connectivity index (χ1n) is 7.20. The molecule has 25 heavy (non-hydrogen) atoms. The molecule has 0 aliphatic rings. The highest BCUT2D eigenvalue weighted by Crippen LogP contribution is 2.30. The van der Waals surface area contributed by atoms with Gasteiger partial charge < -0.3 is 5.32 Å². The van der Waals surface area contributed by atoms with Crippen molar-refractivity contribution in [3.05, 3.63) is 52.4 Å². The van der Waals surface area contributed by atoms with Crippen molar-refractivity contribution in [2.75, 3.05) is 6.54 Å². The summed E-state index contributed by atoms with van der Waals surface area (Å²) in [6.07, 6.45) is -3.33. The molecule has 3 rings (SSSR count). The molecule has 0 atom stereocenters. The van der Waals surface area contributed by atoms with E-state index in [4.69, 9.17) is 0 Å². The number of carbonyl (C=O) groups excluding carboxylic acids is 1. The Balaban J connectivity index is 1.92. The monoisotopic (exact) mass is 367 g/mol. The highest BCUT2D eigenvalue weighted by molar-refractivity contribution is 7.17. The molecular formula is C16H12F3N3O2S. The van der Waals surface area contributed by atoms with E-state index in [2.05, 4.69) is 4.98 Å². The second-order valence-electron chi connectivity index (χ2n) is 5.27. The SMILES string of the molecule is O=C(Cn1cnc2scc(-c3ccccc3)c2c1=O)NCC(F)(F)F. The number of hydrogen-bond acceptors (Lipinski definition) is 4. The largest absolute Gasteiger partial charge is 0.405 e. The van der Waals surface area contributed by atoms with Gasteiger partial charge in [-0.25, -0.2) is 4.98 Å². The van der Waals surface area contributed by atoms with Gasteiger partial charge >= 0.3 is 6.18 Å². The number of hydrogen-bond donors (Lipinski definition) is 1. The molecule has 0 aliphatic heterocycles. The van der Waals surface area contributed by atoms with Crippen molar-refractivity contribution in [3.63, 3.8) is 0 Å². The highest BCUT2D eigenvalue weighted by atomic mass is 32.1. The van der Waals surface area contributed by atoms with Gasteiger partial charge in [0.25, 0.3) is 5.56 Å². The molecule has 1 aromatic carbocycles. The minimum absolute atomic E-state index is 0.349. The summed E-state index contributed by atoms with van der Waals surface area (Å²) in [5.41, 5.74) is 1.04. The zero-order chi connectivity index (χ0) is 18.0. The van der Waals surface area contributed by atoms with Crippen molar-refractivity contribution < 1.29 is 18.0 Å². The molecule has 9 heteroatoms. The molecule has 0 bridgehead atoms. The number of halogens is 3. The van der Waals surface area contributed by atoms with Gasteiger partial charge in [-0.3, -0.25) is 14.2 Å². The van der Waals surface area contributed by atoms with Gasteiger partial charge in [0.15, 0.2) is 0 Å². The van der Waals surface area contributed by atoms with Gasteiger partial charge in [-0.2, -0.15) is 13.2 Å². The highest BCUT2D eigenvalue weighted by Gasteiger charge is 2.27. The third-order valence-corrected chi connectivity index (χ3v) is 4.33. The van der Waals surface area contributed by atoms with E-state index in [1.807, 2.05) is 30.3 Å². The second kappa shape index (κ2) is 6.67. The van der Waals surface area contributed by atoms with Crippen LogP contribution in [0.4, 0.5) is 13.2 Å². The van der Waals surface area contributed by atoms with E-state index in [0.29, 0.717) is 15.8 Å². The van der Waals surface area contributed by atoms with Gasteiger partial charge in [-0.05, 0) is 5.56 Å². The first-order valence-corrected chi connectivity index (χ1v) is 8.08. The van der Waals surface area contributed by atoms with Crippen LogP contribution in [0.3, 0.4) is 0 Å². The number of carbonyl (C=O) groups is 1. The van der Waals surface area contributed by atoms with Gasteiger partial charge in [-0.1, -0.05) is 30.3 Å². The first kappa shape index (κ1) is 17.2. The standard InChI is InChI=1S/C16H12F3N3O2S/c17-16(18,19)8-20-12(23)6-22-9-21-14-13(15(22)24)11(7-25-14)10-4-2-1-3-5-10/h1-5,7,9H,6,8H2,(H,20,23). The van der Waals surface area contributed by atoms with Gasteiger partial charge in [0.05, 0.1) is 11.7 Å². The van der Waals surface area contributed by atoms with Crippen LogP contribution in [0.25, 0.3) is 21.3 Å². The van der Waals surface area contributed by atoms with Crippen LogP contribution >= 0.6 is 11.3 Å². The number of thiophene rings is 1. The average molecular weight is 367 g/mol. The predicted octanol–water partition coefficient (Wildman–Crippen LogP) is 2.80. The number of rotatable bonds is 4. The molecule has 0 radical (unpaired) electrons. The maximum absolute atomic E-state index is 12.6. The second-order valence-corrected chi connectivity index (χ2v) is 6.12. The van der Waals surface area contributed by atoms with E-state index in [1.165, 1.54) is 17.7 Å². The smallest absolute Gasteiger partial charge is 0.345 e. The van der Waals surface area contributed by atoms with Crippen LogP contribution in [-0.4, -0.2) is 28.2 Å². The Morgan fingerprint density at radius 3 is 2.64 bits per heavy atom. The topological polar surface area (TPSA) is 64.0 Å².